The summed E-state index contributed by atoms with van der Waals surface area (Å²) < 4.78 is 1.84. The number of nitrogens with zero attached hydrogens (tertiary/aromatic N) is 3. The van der Waals surface area contributed by atoms with Crippen molar-refractivity contribution in [2.75, 3.05) is 18.4 Å². The van der Waals surface area contributed by atoms with Crippen molar-refractivity contribution in [1.29, 1.82) is 0 Å². The number of nitrogens with one attached hydrogen (secondary N) is 2. The molecule has 2 N–H and O–H groups in total. The minimum absolute atomic E-state index is 0. The fraction of sp³-hybridized carbons (Fsp3) is 0.500. The summed E-state index contributed by atoms with van der Waals surface area (Å²) in [6.07, 6.45) is 11.7. The van der Waals surface area contributed by atoms with E-state index in [9.17, 15) is 4.79 Å². The lowest BCUT2D eigenvalue weighted by atomic mass is 9.67. The zero-order valence-electron chi connectivity index (χ0n) is 14.6. The van der Waals surface area contributed by atoms with Crippen LogP contribution in [-0.4, -0.2) is 33.8 Å². The number of fused-ring (bicyclic) bond motifs is 1. The average Bonchev–Trinajstić information content (AvgIpc) is 3.23. The van der Waals surface area contributed by atoms with Gasteiger partial charge < -0.3 is 10.6 Å². The van der Waals surface area contributed by atoms with Gasteiger partial charge >= 0.3 is 0 Å². The summed E-state index contributed by atoms with van der Waals surface area (Å²) in [6, 6.07) is 3.94. The number of hydrogen-bond acceptors (Lipinski definition) is 4. The van der Waals surface area contributed by atoms with Crippen molar-refractivity contribution in [3.63, 3.8) is 0 Å². The number of hydrogen-bond donors (Lipinski definition) is 2. The zero-order chi connectivity index (χ0) is 16.4. The molecular formula is C18H25Cl2N5O. The Morgan fingerprint density at radius 2 is 2.12 bits per heavy atom. The largest absolute Gasteiger partial charge is 0.323 e. The van der Waals surface area contributed by atoms with Crippen molar-refractivity contribution in [2.24, 2.45) is 11.3 Å². The van der Waals surface area contributed by atoms with Gasteiger partial charge in [0, 0.05) is 25.1 Å². The summed E-state index contributed by atoms with van der Waals surface area (Å²) in [5.74, 6) is 0.624. The molecule has 0 bridgehead atoms. The predicted octanol–water partition coefficient (Wildman–Crippen LogP) is 2.89. The van der Waals surface area contributed by atoms with Gasteiger partial charge in [0.15, 0.2) is 0 Å². The van der Waals surface area contributed by atoms with Gasteiger partial charge in [-0.25, -0.2) is 0 Å². The van der Waals surface area contributed by atoms with E-state index in [0.29, 0.717) is 12.5 Å². The predicted molar refractivity (Wildman–Crippen MR) is 106 cm³/mol. The molecule has 8 heteroatoms. The van der Waals surface area contributed by atoms with E-state index in [0.717, 1.165) is 43.6 Å². The Kier molecular flexibility index (Phi) is 7.03. The van der Waals surface area contributed by atoms with Gasteiger partial charge in [-0.3, -0.25) is 14.5 Å². The van der Waals surface area contributed by atoms with E-state index in [2.05, 4.69) is 20.7 Å². The van der Waals surface area contributed by atoms with Crippen LogP contribution < -0.4 is 10.6 Å². The highest BCUT2D eigenvalue weighted by Gasteiger charge is 2.49. The first-order chi connectivity index (χ1) is 11.8. The van der Waals surface area contributed by atoms with Crippen LogP contribution in [0.5, 0.6) is 0 Å². The quantitative estimate of drug-likeness (QED) is 0.831. The molecule has 1 aliphatic carbocycles. The highest BCUT2D eigenvalue weighted by molar-refractivity contribution is 5.96. The van der Waals surface area contributed by atoms with E-state index in [-0.39, 0.29) is 36.1 Å². The number of carbonyl (C=O) groups excluding carboxylic acids is 1. The normalized spacial score (nSPS) is 24.1. The Bertz CT molecular complexity index is 723. The molecular weight excluding hydrogens is 373 g/mol. The van der Waals surface area contributed by atoms with Crippen LogP contribution in [0.1, 0.15) is 31.2 Å². The number of amides is 1. The lowest BCUT2D eigenvalue weighted by Crippen LogP contribution is -2.44. The van der Waals surface area contributed by atoms with Crippen molar-refractivity contribution in [2.45, 2.75) is 32.2 Å². The summed E-state index contributed by atoms with van der Waals surface area (Å²) >= 11 is 0. The molecule has 2 aromatic rings. The Morgan fingerprint density at radius 3 is 2.92 bits per heavy atom. The van der Waals surface area contributed by atoms with Crippen LogP contribution in [0.3, 0.4) is 0 Å². The Labute approximate surface area is 166 Å². The summed E-state index contributed by atoms with van der Waals surface area (Å²) in [6.45, 7) is 2.44. The van der Waals surface area contributed by atoms with E-state index >= 15 is 0 Å². The second-order valence-corrected chi connectivity index (χ2v) is 6.97. The molecule has 1 aliphatic heterocycles. The number of halogens is 2. The lowest BCUT2D eigenvalue weighted by molar-refractivity contribution is -0.128. The minimum atomic E-state index is -0.231. The Balaban J connectivity index is 0.00000121. The number of carbonyl (C=O) groups is 1. The van der Waals surface area contributed by atoms with Gasteiger partial charge in [-0.15, -0.1) is 24.8 Å². The molecule has 26 heavy (non-hydrogen) atoms. The number of aromatic nitrogens is 3. The molecule has 0 aromatic carbocycles. The fourth-order valence-corrected chi connectivity index (χ4v) is 4.14. The molecule has 0 radical (unpaired) electrons. The highest BCUT2D eigenvalue weighted by atomic mass is 35.5. The molecule has 2 aliphatic rings. The van der Waals surface area contributed by atoms with Crippen LogP contribution >= 0.6 is 24.8 Å². The van der Waals surface area contributed by atoms with Crippen molar-refractivity contribution in [3.05, 3.63) is 42.5 Å². The van der Waals surface area contributed by atoms with E-state index < -0.39 is 0 Å². The molecule has 3 heterocycles. The summed E-state index contributed by atoms with van der Waals surface area (Å²) in [4.78, 5) is 17.0. The highest BCUT2D eigenvalue weighted by Crippen LogP contribution is 2.44. The first-order valence-electron chi connectivity index (χ1n) is 8.70. The number of anilines is 1. The maximum atomic E-state index is 12.9. The molecule has 6 nitrogen and oxygen atoms in total. The summed E-state index contributed by atoms with van der Waals surface area (Å²) in [5, 5.41) is 10.9. The van der Waals surface area contributed by atoms with Crippen LogP contribution in [0, 0.1) is 11.3 Å². The van der Waals surface area contributed by atoms with Crippen LogP contribution in [0.25, 0.3) is 0 Å². The Morgan fingerprint density at radius 1 is 1.31 bits per heavy atom. The van der Waals surface area contributed by atoms with Crippen molar-refractivity contribution in [1.82, 2.24) is 20.1 Å². The maximum Gasteiger partial charge on any atom is 0.232 e. The smallest absolute Gasteiger partial charge is 0.232 e. The molecule has 0 spiro atoms. The van der Waals surface area contributed by atoms with E-state index in [1.165, 1.54) is 6.42 Å². The molecule has 2 atom stereocenters. The molecule has 4 rings (SSSR count). The topological polar surface area (TPSA) is 71.8 Å². The second kappa shape index (κ2) is 8.84. The van der Waals surface area contributed by atoms with Crippen LogP contribution in [-0.2, 0) is 11.3 Å². The molecule has 1 amide bonds. The van der Waals surface area contributed by atoms with Gasteiger partial charge in [0.25, 0.3) is 0 Å². The van der Waals surface area contributed by atoms with Crippen molar-refractivity contribution < 1.29 is 4.79 Å². The van der Waals surface area contributed by atoms with Crippen LogP contribution in [0.15, 0.2) is 36.9 Å². The third-order valence-electron chi connectivity index (χ3n) is 5.48. The van der Waals surface area contributed by atoms with Gasteiger partial charge in [-0.05, 0) is 43.0 Å². The summed E-state index contributed by atoms with van der Waals surface area (Å²) in [7, 11) is 0. The van der Waals surface area contributed by atoms with Gasteiger partial charge in [0.2, 0.25) is 5.91 Å². The van der Waals surface area contributed by atoms with Crippen LogP contribution in [0.2, 0.25) is 0 Å². The molecule has 1 saturated carbocycles. The third kappa shape index (κ3) is 4.03. The van der Waals surface area contributed by atoms with Gasteiger partial charge in [0.1, 0.15) is 0 Å². The Hall–Kier alpha value is -1.63. The average molecular weight is 398 g/mol. The van der Waals surface area contributed by atoms with E-state index in [4.69, 9.17) is 0 Å². The van der Waals surface area contributed by atoms with E-state index in [1.807, 2.05) is 23.0 Å². The number of pyridine rings is 1. The van der Waals surface area contributed by atoms with E-state index in [1.54, 1.807) is 18.6 Å². The van der Waals surface area contributed by atoms with Gasteiger partial charge in [-0.1, -0.05) is 12.8 Å². The molecule has 142 valence electrons. The third-order valence-corrected chi connectivity index (χ3v) is 5.48. The minimum Gasteiger partial charge on any atom is -0.323 e. The molecule has 0 unspecified atom stereocenters. The molecule has 2 fully saturated rings. The van der Waals surface area contributed by atoms with Crippen molar-refractivity contribution >= 4 is 36.4 Å². The lowest BCUT2D eigenvalue weighted by Gasteiger charge is -2.36. The monoisotopic (exact) mass is 397 g/mol. The zero-order valence-corrected chi connectivity index (χ0v) is 16.2. The first kappa shape index (κ1) is 20.7. The molecule has 2 aromatic heterocycles. The van der Waals surface area contributed by atoms with Gasteiger partial charge in [-0.2, -0.15) is 5.10 Å². The van der Waals surface area contributed by atoms with Crippen LogP contribution in [0.4, 0.5) is 5.69 Å². The first-order valence-corrected chi connectivity index (χ1v) is 8.70. The molecule has 1 saturated heterocycles. The number of rotatable bonds is 4. The van der Waals surface area contributed by atoms with Gasteiger partial charge in [0.05, 0.1) is 23.8 Å². The standard InChI is InChI=1S/C18H23N5O.2ClH/c24-17(18-6-2-1-3-15(18)9-20-13-18)22-16-10-21-23(12-16)11-14-4-7-19-8-5-14;;/h4-5,7-8,10,12,15,20H,1-3,6,9,11,13H2,(H,22,24);2*1H/t15-,18+;;/m0../s1. The second-order valence-electron chi connectivity index (χ2n) is 6.97. The SMILES string of the molecule is Cl.Cl.O=C(Nc1cnn(Cc2ccncc2)c1)[C@@]12CCCC[C@H]1CNC2. The van der Waals surface area contributed by atoms with Crippen molar-refractivity contribution in [3.8, 4) is 0 Å². The fourth-order valence-electron chi connectivity index (χ4n) is 4.14. The summed E-state index contributed by atoms with van der Waals surface area (Å²) in [5.41, 5.74) is 1.68. The maximum absolute atomic E-state index is 12.9.